The summed E-state index contributed by atoms with van der Waals surface area (Å²) >= 11 is 3.36. The van der Waals surface area contributed by atoms with Crippen LogP contribution < -0.4 is 4.74 Å². The number of rotatable bonds is 7. The van der Waals surface area contributed by atoms with Crippen molar-refractivity contribution in [3.05, 3.63) is 83.5 Å². The Morgan fingerprint density at radius 2 is 1.76 bits per heavy atom. The van der Waals surface area contributed by atoms with Crippen LogP contribution in [0.2, 0.25) is 0 Å². The number of aryl methyl sites for hydroxylation is 1. The van der Waals surface area contributed by atoms with Gasteiger partial charge in [0.05, 0.1) is 12.2 Å². The van der Waals surface area contributed by atoms with Gasteiger partial charge in [-0.3, -0.25) is 9.67 Å². The van der Waals surface area contributed by atoms with Gasteiger partial charge in [0.1, 0.15) is 29.3 Å². The monoisotopic (exact) mass is 452 g/mol. The molecule has 146 valence electrons. The molecule has 0 amide bonds. The standard InChI is InChI=1S/C22H18BrFN4O/c23-21-3-1-2-18(26-21)15-29-19-6-4-17(5-7-19)22-20(14-28(27-22)13-10-24)16-8-11-25-12-9-16/h1-9,11-12,14H,10,13,15H2. The fourth-order valence-electron chi connectivity index (χ4n) is 2.98. The maximum Gasteiger partial charge on any atom is 0.130 e. The minimum atomic E-state index is -0.465. The number of ether oxygens (including phenoxy) is 1. The average molecular weight is 453 g/mol. The first-order valence-corrected chi connectivity index (χ1v) is 9.91. The topological polar surface area (TPSA) is 52.8 Å². The zero-order valence-electron chi connectivity index (χ0n) is 15.5. The number of hydrogen-bond acceptors (Lipinski definition) is 4. The number of hydrogen-bond donors (Lipinski definition) is 0. The summed E-state index contributed by atoms with van der Waals surface area (Å²) in [6.07, 6.45) is 5.34. The number of benzene rings is 1. The van der Waals surface area contributed by atoms with Gasteiger partial charge < -0.3 is 4.74 Å². The van der Waals surface area contributed by atoms with Gasteiger partial charge in [-0.2, -0.15) is 5.10 Å². The van der Waals surface area contributed by atoms with E-state index in [2.05, 4.69) is 31.0 Å². The zero-order valence-corrected chi connectivity index (χ0v) is 17.1. The molecule has 1 aromatic carbocycles. The highest BCUT2D eigenvalue weighted by molar-refractivity contribution is 9.10. The Balaban J connectivity index is 1.57. The number of aromatic nitrogens is 4. The van der Waals surface area contributed by atoms with Crippen LogP contribution in [-0.4, -0.2) is 26.4 Å². The quantitative estimate of drug-likeness (QED) is 0.356. The Hall–Kier alpha value is -3.06. The lowest BCUT2D eigenvalue weighted by Crippen LogP contribution is -2.00. The first-order valence-electron chi connectivity index (χ1n) is 9.11. The van der Waals surface area contributed by atoms with E-state index in [0.717, 1.165) is 38.4 Å². The zero-order chi connectivity index (χ0) is 20.1. The van der Waals surface area contributed by atoms with Crippen molar-refractivity contribution < 1.29 is 9.13 Å². The van der Waals surface area contributed by atoms with Crippen molar-refractivity contribution in [2.45, 2.75) is 13.2 Å². The van der Waals surface area contributed by atoms with Gasteiger partial charge in [0.2, 0.25) is 0 Å². The molecule has 0 spiro atoms. The Bertz CT molecular complexity index is 1080. The van der Waals surface area contributed by atoms with Crippen LogP contribution in [0.1, 0.15) is 5.69 Å². The fraction of sp³-hybridized carbons (Fsp3) is 0.136. The van der Waals surface area contributed by atoms with E-state index in [1.165, 1.54) is 0 Å². The molecule has 4 rings (SSSR count). The van der Waals surface area contributed by atoms with E-state index < -0.39 is 6.67 Å². The molecule has 3 heterocycles. The largest absolute Gasteiger partial charge is 0.487 e. The van der Waals surface area contributed by atoms with Crippen LogP contribution in [0.4, 0.5) is 4.39 Å². The second-order valence-corrected chi connectivity index (χ2v) is 7.16. The summed E-state index contributed by atoms with van der Waals surface area (Å²) < 4.78 is 21.1. The number of halogens is 2. The molecule has 0 saturated heterocycles. The molecule has 0 N–H and O–H groups in total. The van der Waals surface area contributed by atoms with Gasteiger partial charge in [-0.05, 0) is 70.0 Å². The second kappa shape index (κ2) is 8.96. The van der Waals surface area contributed by atoms with Crippen LogP contribution in [0.5, 0.6) is 5.75 Å². The van der Waals surface area contributed by atoms with Crippen LogP contribution >= 0.6 is 15.9 Å². The Morgan fingerprint density at radius 3 is 2.48 bits per heavy atom. The summed E-state index contributed by atoms with van der Waals surface area (Å²) in [7, 11) is 0. The lowest BCUT2D eigenvalue weighted by atomic mass is 10.0. The molecule has 0 atom stereocenters. The van der Waals surface area contributed by atoms with E-state index in [9.17, 15) is 4.39 Å². The van der Waals surface area contributed by atoms with Gasteiger partial charge in [-0.1, -0.05) is 6.07 Å². The van der Waals surface area contributed by atoms with Crippen molar-refractivity contribution >= 4 is 15.9 Å². The Morgan fingerprint density at radius 1 is 0.966 bits per heavy atom. The van der Waals surface area contributed by atoms with E-state index in [-0.39, 0.29) is 6.54 Å². The summed E-state index contributed by atoms with van der Waals surface area (Å²) in [6.45, 7) is 0.137. The maximum absolute atomic E-state index is 12.8. The number of alkyl halides is 1. The molecule has 0 aliphatic heterocycles. The van der Waals surface area contributed by atoms with Crippen molar-refractivity contribution in [2.24, 2.45) is 0 Å². The van der Waals surface area contributed by atoms with Gasteiger partial charge >= 0.3 is 0 Å². The van der Waals surface area contributed by atoms with Crippen molar-refractivity contribution in [2.75, 3.05) is 6.67 Å². The van der Waals surface area contributed by atoms with Crippen LogP contribution in [0.25, 0.3) is 22.4 Å². The summed E-state index contributed by atoms with van der Waals surface area (Å²) in [4.78, 5) is 8.43. The Labute approximate surface area is 176 Å². The van der Waals surface area contributed by atoms with E-state index in [1.54, 1.807) is 17.1 Å². The molecule has 4 aromatic rings. The lowest BCUT2D eigenvalue weighted by Gasteiger charge is -2.07. The van der Waals surface area contributed by atoms with Gasteiger partial charge in [0, 0.05) is 29.7 Å². The molecule has 0 radical (unpaired) electrons. The van der Waals surface area contributed by atoms with E-state index in [4.69, 9.17) is 4.74 Å². The van der Waals surface area contributed by atoms with Crippen molar-refractivity contribution in [3.8, 4) is 28.1 Å². The van der Waals surface area contributed by atoms with E-state index >= 15 is 0 Å². The third-order valence-electron chi connectivity index (χ3n) is 4.35. The van der Waals surface area contributed by atoms with Gasteiger partial charge in [0.25, 0.3) is 0 Å². The van der Waals surface area contributed by atoms with Crippen LogP contribution in [0.15, 0.2) is 77.8 Å². The molecule has 0 saturated carbocycles. The summed E-state index contributed by atoms with van der Waals surface area (Å²) in [5.41, 5.74) is 4.50. The van der Waals surface area contributed by atoms with Crippen LogP contribution in [0.3, 0.4) is 0 Å². The first-order chi connectivity index (χ1) is 14.2. The minimum Gasteiger partial charge on any atom is -0.487 e. The van der Waals surface area contributed by atoms with Crippen molar-refractivity contribution in [1.82, 2.24) is 19.7 Å². The molecule has 29 heavy (non-hydrogen) atoms. The fourth-order valence-corrected chi connectivity index (χ4v) is 3.36. The molecule has 5 nitrogen and oxygen atoms in total. The molecular weight excluding hydrogens is 435 g/mol. The minimum absolute atomic E-state index is 0.221. The molecule has 0 fully saturated rings. The highest BCUT2D eigenvalue weighted by atomic mass is 79.9. The first kappa shape index (κ1) is 19.3. The maximum atomic E-state index is 12.8. The van der Waals surface area contributed by atoms with Crippen molar-refractivity contribution in [1.29, 1.82) is 0 Å². The van der Waals surface area contributed by atoms with E-state index in [1.807, 2.05) is 60.8 Å². The molecule has 0 unspecified atom stereocenters. The molecular formula is C22H18BrFN4O. The van der Waals surface area contributed by atoms with Crippen LogP contribution in [0, 0.1) is 0 Å². The third kappa shape index (κ3) is 4.68. The van der Waals surface area contributed by atoms with Gasteiger partial charge in [-0.25, -0.2) is 9.37 Å². The molecule has 0 aliphatic rings. The summed E-state index contributed by atoms with van der Waals surface area (Å²) in [5.74, 6) is 0.740. The van der Waals surface area contributed by atoms with Gasteiger partial charge in [-0.15, -0.1) is 0 Å². The molecule has 0 bridgehead atoms. The molecule has 0 aliphatic carbocycles. The Kier molecular flexibility index (Phi) is 5.95. The SMILES string of the molecule is FCCn1cc(-c2ccncc2)c(-c2ccc(OCc3cccc(Br)n3)cc2)n1. The molecule has 3 aromatic heterocycles. The number of pyridine rings is 2. The summed E-state index contributed by atoms with van der Waals surface area (Å²) in [5, 5.41) is 4.58. The normalized spacial score (nSPS) is 10.8. The van der Waals surface area contributed by atoms with E-state index in [0.29, 0.717) is 6.61 Å². The highest BCUT2D eigenvalue weighted by Gasteiger charge is 2.13. The lowest BCUT2D eigenvalue weighted by molar-refractivity contribution is 0.301. The van der Waals surface area contributed by atoms with Crippen molar-refractivity contribution in [3.63, 3.8) is 0 Å². The highest BCUT2D eigenvalue weighted by Crippen LogP contribution is 2.31. The third-order valence-corrected chi connectivity index (χ3v) is 4.80. The van der Waals surface area contributed by atoms with Crippen LogP contribution in [-0.2, 0) is 13.2 Å². The number of nitrogens with zero attached hydrogens (tertiary/aromatic N) is 4. The smallest absolute Gasteiger partial charge is 0.130 e. The predicted octanol–water partition coefficient (Wildman–Crippen LogP) is 5.32. The summed E-state index contributed by atoms with van der Waals surface area (Å²) in [6, 6.07) is 17.3. The second-order valence-electron chi connectivity index (χ2n) is 6.34. The average Bonchev–Trinajstić information content (AvgIpc) is 3.18. The van der Waals surface area contributed by atoms with Gasteiger partial charge in [0.15, 0.2) is 0 Å². The predicted molar refractivity (Wildman–Crippen MR) is 113 cm³/mol. The molecule has 7 heteroatoms.